The lowest BCUT2D eigenvalue weighted by molar-refractivity contribution is -0.781. The zero-order valence-corrected chi connectivity index (χ0v) is 9.29. The Bertz CT molecular complexity index is 522. The van der Waals surface area contributed by atoms with Gasteiger partial charge in [-0.05, 0) is 11.0 Å². The van der Waals surface area contributed by atoms with Crippen molar-refractivity contribution in [2.75, 3.05) is 37.1 Å². The predicted molar refractivity (Wildman–Crippen MR) is 61.6 cm³/mol. The van der Waals surface area contributed by atoms with E-state index in [1.54, 1.807) is 21.1 Å². The first-order valence-electron chi connectivity index (χ1n) is 4.82. The SMILES string of the molecule is CNc1cc(NC)c2c(no[n+]2[O-])c1NC. The van der Waals surface area contributed by atoms with Gasteiger partial charge in [-0.3, -0.25) is 4.63 Å². The summed E-state index contributed by atoms with van der Waals surface area (Å²) >= 11 is 0. The molecule has 7 heteroatoms. The molecule has 0 amide bonds. The summed E-state index contributed by atoms with van der Waals surface area (Å²) < 4.78 is 4.60. The maximum atomic E-state index is 11.4. The Hall–Kier alpha value is -2.18. The molecule has 1 heterocycles. The number of nitrogens with one attached hydrogen (secondary N) is 3. The van der Waals surface area contributed by atoms with Crippen LogP contribution < -0.4 is 20.9 Å². The highest BCUT2D eigenvalue weighted by Crippen LogP contribution is 2.33. The van der Waals surface area contributed by atoms with Crippen LogP contribution in [0.2, 0.25) is 0 Å². The molecule has 2 rings (SSSR count). The van der Waals surface area contributed by atoms with Crippen LogP contribution in [0, 0.1) is 5.21 Å². The molecule has 1 aromatic carbocycles. The Morgan fingerprint density at radius 3 is 2.44 bits per heavy atom. The zero-order chi connectivity index (χ0) is 11.7. The lowest BCUT2D eigenvalue weighted by Gasteiger charge is -2.09. The first-order valence-corrected chi connectivity index (χ1v) is 4.82. The molecule has 1 aromatic heterocycles. The van der Waals surface area contributed by atoms with E-state index in [-0.39, 0.29) is 0 Å². The third-order valence-corrected chi connectivity index (χ3v) is 2.45. The fourth-order valence-corrected chi connectivity index (χ4v) is 1.69. The maximum absolute atomic E-state index is 11.4. The first-order chi connectivity index (χ1) is 7.72. The van der Waals surface area contributed by atoms with E-state index >= 15 is 0 Å². The monoisotopic (exact) mass is 223 g/mol. The van der Waals surface area contributed by atoms with Gasteiger partial charge in [-0.1, -0.05) is 0 Å². The van der Waals surface area contributed by atoms with E-state index in [9.17, 15) is 5.21 Å². The van der Waals surface area contributed by atoms with Crippen LogP contribution in [-0.2, 0) is 0 Å². The molecule has 0 radical (unpaired) electrons. The Balaban J connectivity index is 2.85. The molecular weight excluding hydrogens is 210 g/mol. The second kappa shape index (κ2) is 3.76. The van der Waals surface area contributed by atoms with E-state index < -0.39 is 0 Å². The van der Waals surface area contributed by atoms with Gasteiger partial charge >= 0.3 is 0 Å². The normalized spacial score (nSPS) is 10.4. The van der Waals surface area contributed by atoms with Gasteiger partial charge in [-0.2, -0.15) is 0 Å². The van der Waals surface area contributed by atoms with Crippen LogP contribution in [0.3, 0.4) is 0 Å². The lowest BCUT2D eigenvalue weighted by Crippen LogP contribution is -2.23. The van der Waals surface area contributed by atoms with Crippen molar-refractivity contribution < 1.29 is 9.53 Å². The van der Waals surface area contributed by atoms with Crippen LogP contribution in [0.4, 0.5) is 17.1 Å². The van der Waals surface area contributed by atoms with E-state index in [0.717, 1.165) is 11.4 Å². The molecule has 86 valence electrons. The third-order valence-electron chi connectivity index (χ3n) is 2.45. The van der Waals surface area contributed by atoms with Crippen molar-refractivity contribution in [3.8, 4) is 0 Å². The minimum absolute atomic E-state index is 0.380. The van der Waals surface area contributed by atoms with Crippen molar-refractivity contribution in [2.24, 2.45) is 0 Å². The summed E-state index contributed by atoms with van der Waals surface area (Å²) in [5.41, 5.74) is 3.11. The summed E-state index contributed by atoms with van der Waals surface area (Å²) in [7, 11) is 5.30. The molecule has 7 nitrogen and oxygen atoms in total. The second-order valence-corrected chi connectivity index (χ2v) is 3.22. The molecule has 0 saturated carbocycles. The van der Waals surface area contributed by atoms with Crippen LogP contribution in [0.5, 0.6) is 0 Å². The van der Waals surface area contributed by atoms with Gasteiger partial charge in [0.15, 0.2) is 0 Å². The van der Waals surface area contributed by atoms with Crippen molar-refractivity contribution in [1.82, 2.24) is 5.16 Å². The number of fused-ring (bicyclic) bond motifs is 1. The van der Waals surface area contributed by atoms with Crippen molar-refractivity contribution in [2.45, 2.75) is 0 Å². The first kappa shape index (κ1) is 10.3. The molecule has 0 bridgehead atoms. The molecule has 16 heavy (non-hydrogen) atoms. The molecule has 2 aromatic rings. The summed E-state index contributed by atoms with van der Waals surface area (Å²) in [5.74, 6) is 0. The average Bonchev–Trinajstić information content (AvgIpc) is 2.69. The van der Waals surface area contributed by atoms with Crippen molar-refractivity contribution in [3.05, 3.63) is 11.3 Å². The second-order valence-electron chi connectivity index (χ2n) is 3.22. The largest absolute Gasteiger partial charge is 0.386 e. The minimum Gasteiger partial charge on any atom is -0.386 e. The van der Waals surface area contributed by atoms with Crippen LogP contribution in [0.15, 0.2) is 10.7 Å². The Kier molecular flexibility index (Phi) is 2.43. The molecule has 0 aliphatic rings. The molecule has 3 N–H and O–H groups in total. The van der Waals surface area contributed by atoms with E-state index in [1.165, 1.54) is 0 Å². The number of aromatic nitrogens is 2. The van der Waals surface area contributed by atoms with E-state index in [2.05, 4.69) is 25.7 Å². The van der Waals surface area contributed by atoms with Gasteiger partial charge in [0.25, 0.3) is 11.0 Å². The predicted octanol–water partition coefficient (Wildman–Crippen LogP) is 0.586. The van der Waals surface area contributed by atoms with Gasteiger partial charge in [0.05, 0.1) is 11.4 Å². The van der Waals surface area contributed by atoms with Crippen molar-refractivity contribution in [3.63, 3.8) is 0 Å². The van der Waals surface area contributed by atoms with Gasteiger partial charge in [0, 0.05) is 26.3 Å². The smallest absolute Gasteiger partial charge is 0.275 e. The van der Waals surface area contributed by atoms with Gasteiger partial charge in [0.1, 0.15) is 5.69 Å². The molecule has 0 saturated heterocycles. The number of benzene rings is 1. The third kappa shape index (κ3) is 1.28. The van der Waals surface area contributed by atoms with Crippen LogP contribution >= 0.6 is 0 Å². The van der Waals surface area contributed by atoms with Gasteiger partial charge in [-0.15, -0.1) is 0 Å². The van der Waals surface area contributed by atoms with Gasteiger partial charge < -0.3 is 21.2 Å². The van der Waals surface area contributed by atoms with Crippen LogP contribution in [0.1, 0.15) is 0 Å². The minimum atomic E-state index is 0.380. The van der Waals surface area contributed by atoms with Crippen molar-refractivity contribution >= 4 is 28.1 Å². The summed E-state index contributed by atoms with van der Waals surface area (Å²) in [5, 5.41) is 24.1. The molecule has 0 fully saturated rings. The number of nitrogens with zero attached hydrogens (tertiary/aromatic N) is 2. The average molecular weight is 223 g/mol. The topological polar surface area (TPSA) is 89.1 Å². The zero-order valence-electron chi connectivity index (χ0n) is 9.29. The summed E-state index contributed by atoms with van der Waals surface area (Å²) in [4.78, 5) is 0.390. The van der Waals surface area contributed by atoms with Gasteiger partial charge in [-0.25, -0.2) is 0 Å². The molecular formula is C9H13N5O2. The fourth-order valence-electron chi connectivity index (χ4n) is 1.69. The van der Waals surface area contributed by atoms with E-state index in [1.807, 2.05) is 6.07 Å². The number of hydrogen-bond donors (Lipinski definition) is 3. The standard InChI is InChI=1S/C9H13N5O2/c1-10-5-4-6(11-2)9-8(7(5)12-3)13-16-14(9)15/h4,10-12H,1-3H3. The highest BCUT2D eigenvalue weighted by atomic mass is 16.8. The Morgan fingerprint density at radius 1 is 1.19 bits per heavy atom. The molecule has 0 spiro atoms. The number of rotatable bonds is 3. The molecule has 0 unspecified atom stereocenters. The van der Waals surface area contributed by atoms with E-state index in [0.29, 0.717) is 21.6 Å². The molecule has 0 aliphatic heterocycles. The summed E-state index contributed by atoms with van der Waals surface area (Å²) in [6, 6.07) is 1.82. The van der Waals surface area contributed by atoms with Crippen LogP contribution in [0.25, 0.3) is 11.0 Å². The van der Waals surface area contributed by atoms with E-state index in [4.69, 9.17) is 0 Å². The van der Waals surface area contributed by atoms with Crippen molar-refractivity contribution in [1.29, 1.82) is 0 Å². The number of anilines is 3. The van der Waals surface area contributed by atoms with Crippen LogP contribution in [-0.4, -0.2) is 26.3 Å². The fraction of sp³-hybridized carbons (Fsp3) is 0.333. The highest BCUT2D eigenvalue weighted by Gasteiger charge is 2.21. The molecule has 0 aliphatic carbocycles. The lowest BCUT2D eigenvalue weighted by atomic mass is 10.2. The summed E-state index contributed by atoms with van der Waals surface area (Å²) in [6.07, 6.45) is 0. The maximum Gasteiger partial charge on any atom is 0.275 e. The van der Waals surface area contributed by atoms with Gasteiger partial charge in [0.2, 0.25) is 0 Å². The quantitative estimate of drug-likeness (QED) is 0.660. The summed E-state index contributed by atoms with van der Waals surface area (Å²) in [6.45, 7) is 0. The Morgan fingerprint density at radius 2 is 1.88 bits per heavy atom. The number of hydrogen-bond acceptors (Lipinski definition) is 6. The Labute approximate surface area is 92.0 Å². The molecule has 0 atom stereocenters. The highest BCUT2D eigenvalue weighted by molar-refractivity contribution is 6.00.